The lowest BCUT2D eigenvalue weighted by atomic mass is 9.88. The average Bonchev–Trinajstić information content (AvgIpc) is 3.13. The predicted octanol–water partition coefficient (Wildman–Crippen LogP) is 4.51. The maximum Gasteiger partial charge on any atom is 0.253 e. The van der Waals surface area contributed by atoms with E-state index in [0.29, 0.717) is 32.5 Å². The Balaban J connectivity index is 1.42. The van der Waals surface area contributed by atoms with E-state index in [1.807, 2.05) is 48.5 Å². The first-order chi connectivity index (χ1) is 12.6. The van der Waals surface area contributed by atoms with Crippen LogP contribution in [0.1, 0.15) is 24.0 Å². The zero-order chi connectivity index (χ0) is 18.0. The smallest absolute Gasteiger partial charge is 0.253 e. The van der Waals surface area contributed by atoms with E-state index in [2.05, 4.69) is 4.90 Å². The minimum absolute atomic E-state index is 0.0845. The van der Waals surface area contributed by atoms with E-state index in [4.69, 9.17) is 9.47 Å². The summed E-state index contributed by atoms with van der Waals surface area (Å²) in [7, 11) is 0. The van der Waals surface area contributed by atoms with Crippen LogP contribution in [0.2, 0.25) is 0 Å². The first kappa shape index (κ1) is 17.3. The fourth-order valence-corrected chi connectivity index (χ4v) is 3.84. The molecule has 1 fully saturated rings. The first-order valence-corrected chi connectivity index (χ1v) is 9.13. The summed E-state index contributed by atoms with van der Waals surface area (Å²) in [6.45, 7) is 1.65. The van der Waals surface area contributed by atoms with Crippen LogP contribution in [0.15, 0.2) is 48.5 Å². The van der Waals surface area contributed by atoms with Crippen molar-refractivity contribution in [2.24, 2.45) is 5.92 Å². The number of hydrogen-bond donors (Lipinski definition) is 0. The molecule has 3 nitrogen and oxygen atoms in total. The summed E-state index contributed by atoms with van der Waals surface area (Å²) in [5.41, 5.74) is 2.12. The van der Waals surface area contributed by atoms with Gasteiger partial charge in [0.25, 0.3) is 5.92 Å². The predicted molar refractivity (Wildman–Crippen MR) is 95.7 cm³/mol. The molecule has 26 heavy (non-hydrogen) atoms. The molecule has 2 heterocycles. The number of hydrogen-bond acceptors (Lipinski definition) is 3. The highest BCUT2D eigenvalue weighted by Gasteiger charge is 2.43. The minimum Gasteiger partial charge on any atom is -0.454 e. The molecule has 2 aromatic rings. The van der Waals surface area contributed by atoms with E-state index < -0.39 is 11.8 Å². The monoisotopic (exact) mass is 359 g/mol. The number of para-hydroxylation sites is 1. The van der Waals surface area contributed by atoms with Gasteiger partial charge in [0.05, 0.1) is 0 Å². The third-order valence-corrected chi connectivity index (χ3v) is 5.33. The Hall–Kier alpha value is -2.14. The van der Waals surface area contributed by atoms with Crippen LogP contribution >= 0.6 is 0 Å². The van der Waals surface area contributed by atoms with E-state index in [0.717, 1.165) is 22.6 Å². The van der Waals surface area contributed by atoms with Gasteiger partial charge in [0.1, 0.15) is 0 Å². The van der Waals surface area contributed by atoms with Crippen molar-refractivity contribution in [1.82, 2.24) is 4.90 Å². The fourth-order valence-electron chi connectivity index (χ4n) is 3.84. The minimum atomic E-state index is -2.59. The number of benzene rings is 2. The molecule has 5 heteroatoms. The largest absolute Gasteiger partial charge is 0.454 e. The van der Waals surface area contributed by atoms with E-state index in [1.54, 1.807) is 0 Å². The van der Waals surface area contributed by atoms with Crippen LogP contribution in [0.25, 0.3) is 0 Å². The summed E-state index contributed by atoms with van der Waals surface area (Å²) in [5, 5.41) is 0. The Morgan fingerprint density at radius 2 is 1.88 bits per heavy atom. The van der Waals surface area contributed by atoms with Crippen molar-refractivity contribution in [1.29, 1.82) is 0 Å². The molecule has 0 radical (unpaired) electrons. The second kappa shape index (κ2) is 7.23. The van der Waals surface area contributed by atoms with E-state index >= 15 is 0 Å². The zero-order valence-electron chi connectivity index (χ0n) is 14.7. The summed E-state index contributed by atoms with van der Waals surface area (Å²) in [6.07, 6.45) is 1.10. The molecule has 1 saturated heterocycles. The zero-order valence-corrected chi connectivity index (χ0v) is 14.7. The molecule has 2 aromatic carbocycles. The van der Waals surface area contributed by atoms with Gasteiger partial charge in [-0.2, -0.15) is 0 Å². The average molecular weight is 359 g/mol. The van der Waals surface area contributed by atoms with Gasteiger partial charge in [-0.25, -0.2) is 8.78 Å². The lowest BCUT2D eigenvalue weighted by Gasteiger charge is -2.38. The van der Waals surface area contributed by atoms with Gasteiger partial charge in [-0.1, -0.05) is 42.5 Å². The molecule has 4 rings (SSSR count). The van der Waals surface area contributed by atoms with Gasteiger partial charge in [0.15, 0.2) is 11.5 Å². The van der Waals surface area contributed by atoms with E-state index in [-0.39, 0.29) is 13.2 Å². The molecule has 0 bridgehead atoms. The summed E-state index contributed by atoms with van der Waals surface area (Å²) >= 11 is 0. The van der Waals surface area contributed by atoms with E-state index in [9.17, 15) is 8.78 Å². The topological polar surface area (TPSA) is 21.7 Å². The normalized spacial score (nSPS) is 21.7. The molecule has 0 aromatic heterocycles. The highest BCUT2D eigenvalue weighted by atomic mass is 19.3. The SMILES string of the molecule is FC1(F)CCN(Cc2cccc3c2OCO3)CC1CCc1ccccc1. The van der Waals surface area contributed by atoms with Gasteiger partial charge < -0.3 is 9.47 Å². The van der Waals surface area contributed by atoms with Crippen molar-refractivity contribution in [3.05, 3.63) is 59.7 Å². The summed E-state index contributed by atoms with van der Waals surface area (Å²) in [4.78, 5) is 2.12. The van der Waals surface area contributed by atoms with Crippen molar-refractivity contribution in [3.63, 3.8) is 0 Å². The van der Waals surface area contributed by atoms with Crippen LogP contribution in [0.5, 0.6) is 11.5 Å². The highest BCUT2D eigenvalue weighted by Crippen LogP contribution is 2.39. The molecule has 0 aliphatic carbocycles. The van der Waals surface area contributed by atoms with Crippen LogP contribution in [0, 0.1) is 5.92 Å². The van der Waals surface area contributed by atoms with Gasteiger partial charge >= 0.3 is 0 Å². The molecule has 0 N–H and O–H groups in total. The fraction of sp³-hybridized carbons (Fsp3) is 0.429. The third kappa shape index (κ3) is 3.68. The number of ether oxygens (including phenoxy) is 2. The number of halogens is 2. The van der Waals surface area contributed by atoms with Gasteiger partial charge in [-0.3, -0.25) is 4.90 Å². The Morgan fingerprint density at radius 1 is 1.04 bits per heavy atom. The molecule has 0 saturated carbocycles. The molecule has 2 aliphatic heterocycles. The maximum absolute atomic E-state index is 14.4. The quantitative estimate of drug-likeness (QED) is 0.784. The van der Waals surface area contributed by atoms with Crippen molar-refractivity contribution in [2.75, 3.05) is 19.9 Å². The van der Waals surface area contributed by atoms with Crippen LogP contribution in [-0.4, -0.2) is 30.7 Å². The second-order valence-electron chi connectivity index (χ2n) is 7.12. The molecule has 2 aliphatic rings. The molecular formula is C21H23F2NO2. The first-order valence-electron chi connectivity index (χ1n) is 9.13. The Kier molecular flexibility index (Phi) is 4.81. The molecule has 0 spiro atoms. The molecule has 138 valence electrons. The number of piperidine rings is 1. The van der Waals surface area contributed by atoms with Crippen molar-refractivity contribution in [3.8, 4) is 11.5 Å². The van der Waals surface area contributed by atoms with Crippen LogP contribution in [0.4, 0.5) is 8.78 Å². The van der Waals surface area contributed by atoms with Crippen LogP contribution in [-0.2, 0) is 13.0 Å². The number of likely N-dealkylation sites (tertiary alicyclic amines) is 1. The third-order valence-electron chi connectivity index (χ3n) is 5.33. The Morgan fingerprint density at radius 3 is 2.73 bits per heavy atom. The van der Waals surface area contributed by atoms with Crippen LogP contribution in [0.3, 0.4) is 0 Å². The van der Waals surface area contributed by atoms with Gasteiger partial charge in [-0.05, 0) is 24.5 Å². The van der Waals surface area contributed by atoms with Gasteiger partial charge in [-0.15, -0.1) is 0 Å². The molecule has 0 amide bonds. The standard InChI is InChI=1S/C21H23F2NO2/c22-21(23)11-12-24(13-17-7-4-8-19-20(17)26-15-25-19)14-18(21)10-9-16-5-2-1-3-6-16/h1-8,18H,9-15H2. The summed E-state index contributed by atoms with van der Waals surface area (Å²) < 4.78 is 39.8. The van der Waals surface area contributed by atoms with E-state index in [1.165, 1.54) is 0 Å². The van der Waals surface area contributed by atoms with Gasteiger partial charge in [0.2, 0.25) is 6.79 Å². The number of rotatable bonds is 5. The van der Waals surface area contributed by atoms with Crippen LogP contribution < -0.4 is 9.47 Å². The highest BCUT2D eigenvalue weighted by molar-refractivity contribution is 5.48. The van der Waals surface area contributed by atoms with Crippen molar-refractivity contribution < 1.29 is 18.3 Å². The molecule has 1 atom stereocenters. The second-order valence-corrected chi connectivity index (χ2v) is 7.12. The molecule has 1 unspecified atom stereocenters. The number of alkyl halides is 2. The Bertz CT molecular complexity index is 751. The summed E-state index contributed by atoms with van der Waals surface area (Å²) in [5.74, 6) is -1.72. The number of fused-ring (bicyclic) bond motifs is 1. The van der Waals surface area contributed by atoms with Crippen molar-refractivity contribution >= 4 is 0 Å². The van der Waals surface area contributed by atoms with Gasteiger partial charge in [0, 0.05) is 37.5 Å². The number of nitrogens with zero attached hydrogens (tertiary/aromatic N) is 1. The number of aryl methyl sites for hydroxylation is 1. The summed E-state index contributed by atoms with van der Waals surface area (Å²) in [6, 6.07) is 15.7. The lowest BCUT2D eigenvalue weighted by Crippen LogP contribution is -2.46. The molecular weight excluding hydrogens is 336 g/mol. The maximum atomic E-state index is 14.4. The van der Waals surface area contributed by atoms with Crippen molar-refractivity contribution in [2.45, 2.75) is 31.7 Å². The Labute approximate surface area is 152 Å². The lowest BCUT2D eigenvalue weighted by molar-refractivity contribution is -0.109.